The number of ether oxygens (including phenoxy) is 1. The number of benzene rings is 1. The van der Waals surface area contributed by atoms with Gasteiger partial charge in [0.15, 0.2) is 0 Å². The Balaban J connectivity index is 2.04. The van der Waals surface area contributed by atoms with Crippen LogP contribution in [0, 0.1) is 12.8 Å². The molecular weight excluding hydrogens is 186 g/mol. The Morgan fingerprint density at radius 2 is 2.20 bits per heavy atom. The van der Waals surface area contributed by atoms with Crippen LogP contribution in [0.5, 0.6) is 5.75 Å². The number of hydrogen-bond donors (Lipinski definition) is 1. The Morgan fingerprint density at radius 1 is 1.40 bits per heavy atom. The molecule has 0 bridgehead atoms. The summed E-state index contributed by atoms with van der Waals surface area (Å²) in [7, 11) is 0. The minimum atomic E-state index is 0.557. The van der Waals surface area contributed by atoms with Crippen molar-refractivity contribution in [1.29, 1.82) is 0 Å². The molecule has 0 radical (unpaired) electrons. The van der Waals surface area contributed by atoms with Crippen molar-refractivity contribution in [2.45, 2.75) is 32.7 Å². The molecule has 82 valence electrons. The van der Waals surface area contributed by atoms with Crippen molar-refractivity contribution in [3.05, 3.63) is 29.3 Å². The smallest absolute Gasteiger partial charge is 0.126 e. The molecule has 2 heteroatoms. The highest BCUT2D eigenvalue weighted by atomic mass is 16.5. The van der Waals surface area contributed by atoms with Gasteiger partial charge in [0.05, 0.1) is 6.61 Å². The highest BCUT2D eigenvalue weighted by Gasteiger charge is 2.18. The van der Waals surface area contributed by atoms with Gasteiger partial charge in [-0.05, 0) is 31.2 Å². The molecule has 2 rings (SSSR count). The molecule has 1 aliphatic rings. The topological polar surface area (TPSA) is 35.2 Å². The second-order valence-corrected chi connectivity index (χ2v) is 4.38. The zero-order chi connectivity index (χ0) is 10.7. The Hall–Kier alpha value is -1.02. The molecule has 0 heterocycles. The molecule has 2 nitrogen and oxygen atoms in total. The van der Waals surface area contributed by atoms with Crippen LogP contribution in [0.25, 0.3) is 0 Å². The maximum atomic E-state index is 5.88. The molecule has 2 N–H and O–H groups in total. The third-order valence-electron chi connectivity index (χ3n) is 3.20. The van der Waals surface area contributed by atoms with Crippen molar-refractivity contribution in [3.63, 3.8) is 0 Å². The first-order valence-electron chi connectivity index (χ1n) is 5.72. The van der Waals surface area contributed by atoms with Crippen LogP contribution in [-0.4, -0.2) is 6.61 Å². The van der Waals surface area contributed by atoms with E-state index in [0.717, 1.165) is 23.8 Å². The van der Waals surface area contributed by atoms with Crippen molar-refractivity contribution >= 4 is 0 Å². The predicted octanol–water partition coefficient (Wildman–Crippen LogP) is 2.63. The lowest BCUT2D eigenvalue weighted by atomic mass is 9.86. The number of aryl methyl sites for hydroxylation is 1. The first kappa shape index (κ1) is 10.5. The van der Waals surface area contributed by atoms with Gasteiger partial charge in [0, 0.05) is 12.1 Å². The van der Waals surface area contributed by atoms with Gasteiger partial charge in [-0.2, -0.15) is 0 Å². The molecule has 0 unspecified atom stereocenters. The second kappa shape index (κ2) is 4.67. The van der Waals surface area contributed by atoms with Crippen LogP contribution in [0.4, 0.5) is 0 Å². The molecule has 0 amide bonds. The minimum absolute atomic E-state index is 0.557. The van der Waals surface area contributed by atoms with Crippen molar-refractivity contribution < 1.29 is 4.74 Å². The first-order chi connectivity index (χ1) is 7.31. The summed E-state index contributed by atoms with van der Waals surface area (Å²) in [5.74, 6) is 1.78. The van der Waals surface area contributed by atoms with Crippen LogP contribution in [0.2, 0.25) is 0 Å². The van der Waals surface area contributed by atoms with Crippen molar-refractivity contribution in [1.82, 2.24) is 0 Å². The summed E-state index contributed by atoms with van der Waals surface area (Å²) in [6.45, 7) is 3.49. The number of para-hydroxylation sites is 1. The van der Waals surface area contributed by atoms with Crippen LogP contribution in [0.1, 0.15) is 30.4 Å². The van der Waals surface area contributed by atoms with Gasteiger partial charge in [-0.1, -0.05) is 24.6 Å². The lowest BCUT2D eigenvalue weighted by Crippen LogP contribution is -2.20. The molecule has 0 aliphatic heterocycles. The zero-order valence-corrected chi connectivity index (χ0v) is 9.33. The Kier molecular flexibility index (Phi) is 3.27. The second-order valence-electron chi connectivity index (χ2n) is 4.38. The van der Waals surface area contributed by atoms with E-state index in [-0.39, 0.29) is 0 Å². The lowest BCUT2D eigenvalue weighted by Gasteiger charge is -2.26. The van der Waals surface area contributed by atoms with E-state index in [1.165, 1.54) is 24.8 Å². The molecule has 1 fully saturated rings. The maximum Gasteiger partial charge on any atom is 0.126 e. The number of rotatable bonds is 4. The van der Waals surface area contributed by atoms with E-state index in [0.29, 0.717) is 6.54 Å². The van der Waals surface area contributed by atoms with Gasteiger partial charge < -0.3 is 10.5 Å². The highest BCUT2D eigenvalue weighted by molar-refractivity contribution is 5.40. The van der Waals surface area contributed by atoms with Gasteiger partial charge in [0.25, 0.3) is 0 Å². The summed E-state index contributed by atoms with van der Waals surface area (Å²) in [5.41, 5.74) is 8.00. The van der Waals surface area contributed by atoms with Gasteiger partial charge in [-0.15, -0.1) is 0 Å². The molecule has 15 heavy (non-hydrogen) atoms. The van der Waals surface area contributed by atoms with E-state index in [1.807, 2.05) is 12.1 Å². The average Bonchev–Trinajstić information content (AvgIpc) is 2.17. The fourth-order valence-corrected chi connectivity index (χ4v) is 1.94. The van der Waals surface area contributed by atoms with Gasteiger partial charge in [0.1, 0.15) is 5.75 Å². The Bertz CT molecular complexity index is 331. The van der Waals surface area contributed by atoms with Crippen molar-refractivity contribution in [2.24, 2.45) is 11.7 Å². The van der Waals surface area contributed by atoms with Gasteiger partial charge in [-0.25, -0.2) is 0 Å². The minimum Gasteiger partial charge on any atom is -0.493 e. The predicted molar refractivity (Wildman–Crippen MR) is 61.9 cm³/mol. The molecule has 0 spiro atoms. The molecule has 0 aromatic heterocycles. The largest absolute Gasteiger partial charge is 0.493 e. The summed E-state index contributed by atoms with van der Waals surface area (Å²) in [6.07, 6.45) is 4.01. The molecule has 1 saturated carbocycles. The van der Waals surface area contributed by atoms with E-state index < -0.39 is 0 Å². The van der Waals surface area contributed by atoms with E-state index in [2.05, 4.69) is 13.0 Å². The van der Waals surface area contributed by atoms with E-state index >= 15 is 0 Å². The average molecular weight is 205 g/mol. The Labute approximate surface area is 91.4 Å². The quantitative estimate of drug-likeness (QED) is 0.820. The Morgan fingerprint density at radius 3 is 2.80 bits per heavy atom. The molecule has 1 aliphatic carbocycles. The first-order valence-corrected chi connectivity index (χ1v) is 5.72. The highest BCUT2D eigenvalue weighted by Crippen LogP contribution is 2.29. The molecule has 1 aromatic carbocycles. The standard InChI is InChI=1S/C13H19NO/c1-10-4-2-7-12(8-14)13(10)15-9-11-5-3-6-11/h2,4,7,11H,3,5-6,8-9,14H2,1H3. The summed E-state index contributed by atoms with van der Waals surface area (Å²) >= 11 is 0. The van der Waals surface area contributed by atoms with Gasteiger partial charge in [0.2, 0.25) is 0 Å². The fraction of sp³-hybridized carbons (Fsp3) is 0.538. The number of nitrogens with two attached hydrogens (primary N) is 1. The van der Waals surface area contributed by atoms with Gasteiger partial charge >= 0.3 is 0 Å². The molecular formula is C13H19NO. The van der Waals surface area contributed by atoms with Crippen LogP contribution >= 0.6 is 0 Å². The van der Waals surface area contributed by atoms with Crippen LogP contribution < -0.4 is 10.5 Å². The van der Waals surface area contributed by atoms with E-state index in [1.54, 1.807) is 0 Å². The third-order valence-corrected chi connectivity index (χ3v) is 3.20. The van der Waals surface area contributed by atoms with Gasteiger partial charge in [-0.3, -0.25) is 0 Å². The zero-order valence-electron chi connectivity index (χ0n) is 9.33. The summed E-state index contributed by atoms with van der Waals surface area (Å²) in [4.78, 5) is 0. The van der Waals surface area contributed by atoms with E-state index in [4.69, 9.17) is 10.5 Å². The summed E-state index contributed by atoms with van der Waals surface area (Å²) in [5, 5.41) is 0. The molecule has 0 atom stereocenters. The maximum absolute atomic E-state index is 5.88. The van der Waals surface area contributed by atoms with Crippen molar-refractivity contribution in [3.8, 4) is 5.75 Å². The monoisotopic (exact) mass is 205 g/mol. The van der Waals surface area contributed by atoms with Crippen LogP contribution in [0.15, 0.2) is 18.2 Å². The lowest BCUT2D eigenvalue weighted by molar-refractivity contribution is 0.178. The summed E-state index contributed by atoms with van der Waals surface area (Å²) < 4.78 is 5.88. The molecule has 1 aromatic rings. The van der Waals surface area contributed by atoms with Crippen LogP contribution in [0.3, 0.4) is 0 Å². The van der Waals surface area contributed by atoms with E-state index in [9.17, 15) is 0 Å². The number of hydrogen-bond acceptors (Lipinski definition) is 2. The molecule has 0 saturated heterocycles. The normalized spacial score (nSPS) is 16.1. The van der Waals surface area contributed by atoms with Crippen LogP contribution in [-0.2, 0) is 6.54 Å². The fourth-order valence-electron chi connectivity index (χ4n) is 1.94. The van der Waals surface area contributed by atoms with Crippen molar-refractivity contribution in [2.75, 3.05) is 6.61 Å². The SMILES string of the molecule is Cc1cccc(CN)c1OCC1CCC1. The summed E-state index contributed by atoms with van der Waals surface area (Å²) in [6, 6.07) is 6.16. The third kappa shape index (κ3) is 2.32.